The van der Waals surface area contributed by atoms with Gasteiger partial charge >= 0.3 is 0 Å². The summed E-state index contributed by atoms with van der Waals surface area (Å²) >= 11 is 0. The fraction of sp³-hybridized carbons (Fsp3) is 0.429. The zero-order chi connectivity index (χ0) is 18.6. The van der Waals surface area contributed by atoms with E-state index in [2.05, 4.69) is 26.9 Å². The van der Waals surface area contributed by atoms with Gasteiger partial charge in [0.05, 0.1) is 7.11 Å². The number of methoxy groups -OCH3 is 1. The minimum absolute atomic E-state index is 0.104. The van der Waals surface area contributed by atoms with Crippen LogP contribution < -0.4 is 14.5 Å². The van der Waals surface area contributed by atoms with Crippen molar-refractivity contribution >= 4 is 17.4 Å². The Morgan fingerprint density at radius 2 is 1.63 bits per heavy atom. The second-order valence-electron chi connectivity index (χ2n) is 7.07. The van der Waals surface area contributed by atoms with Crippen LogP contribution in [-0.4, -0.2) is 62.2 Å². The predicted molar refractivity (Wildman–Crippen MR) is 107 cm³/mol. The summed E-state index contributed by atoms with van der Waals surface area (Å²) in [5.74, 6) is 1.89. The van der Waals surface area contributed by atoms with E-state index in [0.717, 1.165) is 56.4 Å². The summed E-state index contributed by atoms with van der Waals surface area (Å²) < 4.78 is 5.22. The summed E-state index contributed by atoms with van der Waals surface area (Å²) in [4.78, 5) is 23.9. The molecule has 3 heterocycles. The van der Waals surface area contributed by atoms with Crippen LogP contribution in [0.1, 0.15) is 23.2 Å². The largest absolute Gasteiger partial charge is 0.497 e. The number of hydrogen-bond donors (Lipinski definition) is 0. The molecule has 2 aliphatic rings. The number of anilines is 2. The average Bonchev–Trinajstić information content (AvgIpc) is 3.29. The maximum Gasteiger partial charge on any atom is 0.254 e. The van der Waals surface area contributed by atoms with Gasteiger partial charge < -0.3 is 19.4 Å². The highest BCUT2D eigenvalue weighted by atomic mass is 16.5. The van der Waals surface area contributed by atoms with Crippen LogP contribution in [0.5, 0.6) is 5.75 Å². The Morgan fingerprint density at radius 1 is 0.926 bits per heavy atom. The Labute approximate surface area is 160 Å². The highest BCUT2D eigenvalue weighted by Gasteiger charge is 2.23. The van der Waals surface area contributed by atoms with Crippen molar-refractivity contribution in [2.24, 2.45) is 0 Å². The van der Waals surface area contributed by atoms with E-state index in [1.807, 2.05) is 29.2 Å². The van der Waals surface area contributed by atoms with Gasteiger partial charge in [0.15, 0.2) is 0 Å². The van der Waals surface area contributed by atoms with Gasteiger partial charge in [0.2, 0.25) is 0 Å². The first-order chi connectivity index (χ1) is 13.2. The smallest absolute Gasteiger partial charge is 0.254 e. The van der Waals surface area contributed by atoms with E-state index in [1.54, 1.807) is 13.3 Å². The molecular weight excluding hydrogens is 340 g/mol. The van der Waals surface area contributed by atoms with E-state index in [-0.39, 0.29) is 5.91 Å². The van der Waals surface area contributed by atoms with E-state index in [1.165, 1.54) is 18.5 Å². The Hall–Kier alpha value is -2.76. The lowest BCUT2D eigenvalue weighted by Gasteiger charge is -2.36. The second-order valence-corrected chi connectivity index (χ2v) is 7.07. The number of hydrogen-bond acceptors (Lipinski definition) is 5. The third-order valence-corrected chi connectivity index (χ3v) is 5.43. The van der Waals surface area contributed by atoms with Crippen LogP contribution in [0.2, 0.25) is 0 Å². The van der Waals surface area contributed by atoms with Crippen LogP contribution in [0.4, 0.5) is 11.5 Å². The molecule has 0 saturated carbocycles. The monoisotopic (exact) mass is 366 g/mol. The van der Waals surface area contributed by atoms with Crippen LogP contribution in [0, 0.1) is 0 Å². The summed E-state index contributed by atoms with van der Waals surface area (Å²) in [5, 5.41) is 0. The number of ether oxygens (including phenoxy) is 1. The van der Waals surface area contributed by atoms with Gasteiger partial charge in [-0.3, -0.25) is 4.79 Å². The van der Waals surface area contributed by atoms with E-state index >= 15 is 0 Å². The van der Waals surface area contributed by atoms with Crippen molar-refractivity contribution < 1.29 is 9.53 Å². The van der Waals surface area contributed by atoms with Crippen molar-refractivity contribution in [2.45, 2.75) is 12.8 Å². The number of carbonyl (C=O) groups is 1. The van der Waals surface area contributed by atoms with Gasteiger partial charge in [-0.2, -0.15) is 0 Å². The topological polar surface area (TPSA) is 48.9 Å². The van der Waals surface area contributed by atoms with Gasteiger partial charge in [-0.05, 0) is 49.2 Å². The number of rotatable bonds is 4. The molecule has 0 unspecified atom stereocenters. The number of amides is 1. The molecule has 0 aliphatic carbocycles. The summed E-state index contributed by atoms with van der Waals surface area (Å²) in [6, 6.07) is 11.9. The van der Waals surface area contributed by atoms with E-state index in [0.29, 0.717) is 0 Å². The normalized spacial score (nSPS) is 17.3. The van der Waals surface area contributed by atoms with Gasteiger partial charge in [-0.25, -0.2) is 4.98 Å². The Kier molecular flexibility index (Phi) is 5.14. The van der Waals surface area contributed by atoms with Gasteiger partial charge in [0.25, 0.3) is 5.91 Å². The molecule has 4 rings (SSSR count). The zero-order valence-corrected chi connectivity index (χ0v) is 15.8. The third kappa shape index (κ3) is 3.84. The molecule has 2 aliphatic heterocycles. The molecule has 6 heteroatoms. The molecule has 0 spiro atoms. The van der Waals surface area contributed by atoms with E-state index in [4.69, 9.17) is 4.74 Å². The molecule has 0 radical (unpaired) electrons. The first kappa shape index (κ1) is 17.6. The van der Waals surface area contributed by atoms with Gasteiger partial charge in [-0.15, -0.1) is 0 Å². The maximum absolute atomic E-state index is 12.9. The lowest BCUT2D eigenvalue weighted by Crippen LogP contribution is -2.48. The van der Waals surface area contributed by atoms with Crippen molar-refractivity contribution in [3.63, 3.8) is 0 Å². The molecule has 142 valence electrons. The molecule has 1 aromatic heterocycles. The van der Waals surface area contributed by atoms with Crippen molar-refractivity contribution in [1.29, 1.82) is 0 Å². The van der Waals surface area contributed by atoms with Crippen molar-refractivity contribution in [2.75, 3.05) is 56.2 Å². The molecule has 1 amide bonds. The SMILES string of the molecule is COc1ccc(N2CCN(C(=O)c3ccnc(N4CCCC4)c3)CC2)cc1. The molecule has 2 saturated heterocycles. The fourth-order valence-corrected chi connectivity index (χ4v) is 3.81. The molecule has 2 aromatic rings. The van der Waals surface area contributed by atoms with Gasteiger partial charge in [0, 0.05) is 56.7 Å². The first-order valence-corrected chi connectivity index (χ1v) is 9.64. The quantitative estimate of drug-likeness (QED) is 0.833. The molecule has 1 aromatic carbocycles. The second kappa shape index (κ2) is 7.86. The fourth-order valence-electron chi connectivity index (χ4n) is 3.81. The molecular formula is C21H26N4O2. The summed E-state index contributed by atoms with van der Waals surface area (Å²) in [6.07, 6.45) is 4.16. The number of piperazine rings is 1. The highest BCUT2D eigenvalue weighted by molar-refractivity contribution is 5.95. The van der Waals surface area contributed by atoms with E-state index in [9.17, 15) is 4.79 Å². The molecule has 27 heavy (non-hydrogen) atoms. The molecule has 0 bridgehead atoms. The van der Waals surface area contributed by atoms with Crippen LogP contribution in [0.15, 0.2) is 42.6 Å². The predicted octanol–water partition coefficient (Wildman–Crippen LogP) is 2.65. The van der Waals surface area contributed by atoms with Crippen molar-refractivity contribution in [3.05, 3.63) is 48.2 Å². The highest BCUT2D eigenvalue weighted by Crippen LogP contribution is 2.22. The third-order valence-electron chi connectivity index (χ3n) is 5.43. The lowest BCUT2D eigenvalue weighted by molar-refractivity contribution is 0.0746. The van der Waals surface area contributed by atoms with Crippen LogP contribution in [0.3, 0.4) is 0 Å². The summed E-state index contributed by atoms with van der Waals surface area (Å²) in [6.45, 7) is 5.19. The molecule has 0 atom stereocenters. The van der Waals surface area contributed by atoms with E-state index < -0.39 is 0 Å². The molecule has 0 N–H and O–H groups in total. The number of nitrogens with zero attached hydrogens (tertiary/aromatic N) is 4. The summed E-state index contributed by atoms with van der Waals surface area (Å²) in [5.41, 5.74) is 1.91. The average molecular weight is 366 g/mol. The molecule has 2 fully saturated rings. The number of benzene rings is 1. The standard InChI is InChI=1S/C21H26N4O2/c1-27-19-6-4-18(5-7-19)23-12-14-25(15-13-23)21(26)17-8-9-22-20(16-17)24-10-2-3-11-24/h4-9,16H,2-3,10-15H2,1H3. The van der Waals surface area contributed by atoms with Crippen molar-refractivity contribution in [1.82, 2.24) is 9.88 Å². The Morgan fingerprint density at radius 3 is 2.30 bits per heavy atom. The van der Waals surface area contributed by atoms with Crippen LogP contribution in [0.25, 0.3) is 0 Å². The number of pyridine rings is 1. The van der Waals surface area contributed by atoms with Gasteiger partial charge in [0.1, 0.15) is 11.6 Å². The Balaban J connectivity index is 1.39. The number of carbonyl (C=O) groups excluding carboxylic acids is 1. The first-order valence-electron chi connectivity index (χ1n) is 9.64. The lowest BCUT2D eigenvalue weighted by atomic mass is 10.2. The maximum atomic E-state index is 12.9. The molecule has 6 nitrogen and oxygen atoms in total. The van der Waals surface area contributed by atoms with Crippen LogP contribution in [-0.2, 0) is 0 Å². The number of aromatic nitrogens is 1. The zero-order valence-electron chi connectivity index (χ0n) is 15.8. The van der Waals surface area contributed by atoms with Crippen LogP contribution >= 0.6 is 0 Å². The Bertz CT molecular complexity index is 779. The minimum Gasteiger partial charge on any atom is -0.497 e. The van der Waals surface area contributed by atoms with Gasteiger partial charge in [-0.1, -0.05) is 0 Å². The minimum atomic E-state index is 0.104. The van der Waals surface area contributed by atoms with Crippen molar-refractivity contribution in [3.8, 4) is 5.75 Å². The summed E-state index contributed by atoms with van der Waals surface area (Å²) in [7, 11) is 1.67.